The largest absolute Gasteiger partial charge is 0.436 e. The maximum atomic E-state index is 13.9. The Morgan fingerprint density at radius 3 is 2.26 bits per heavy atom. The van der Waals surface area contributed by atoms with Crippen molar-refractivity contribution in [3.05, 3.63) is 81.6 Å². The van der Waals surface area contributed by atoms with Gasteiger partial charge in [-0.15, -0.1) is 0 Å². The van der Waals surface area contributed by atoms with Crippen molar-refractivity contribution in [2.45, 2.75) is 6.92 Å². The third-order valence-electron chi connectivity index (χ3n) is 4.52. The van der Waals surface area contributed by atoms with Crippen molar-refractivity contribution < 1.29 is 31.2 Å². The summed E-state index contributed by atoms with van der Waals surface area (Å²) in [5, 5.41) is 2.62. The van der Waals surface area contributed by atoms with E-state index in [-0.39, 0.29) is 11.6 Å². The van der Waals surface area contributed by atoms with E-state index in [1.807, 2.05) is 0 Å². The number of halogens is 6. The third kappa shape index (κ3) is 3.61. The number of rotatable bonds is 3. The number of carbonyl (C=O) groups is 1. The van der Waals surface area contributed by atoms with Gasteiger partial charge in [0.05, 0.1) is 0 Å². The summed E-state index contributed by atoms with van der Waals surface area (Å²) in [6, 6.07) is 9.40. The van der Waals surface area contributed by atoms with Gasteiger partial charge in [0.25, 0.3) is 5.91 Å². The molecule has 3 aromatic carbocycles. The van der Waals surface area contributed by atoms with E-state index in [0.717, 1.165) is 0 Å². The van der Waals surface area contributed by atoms with E-state index in [4.69, 9.17) is 16.0 Å². The molecule has 4 rings (SSSR count). The highest BCUT2D eigenvalue weighted by atomic mass is 35.5. The smallest absolute Gasteiger partial charge is 0.261 e. The summed E-state index contributed by atoms with van der Waals surface area (Å²) in [7, 11) is 0. The Morgan fingerprint density at radius 1 is 0.935 bits per heavy atom. The number of benzene rings is 3. The molecule has 1 heterocycles. The molecule has 1 amide bonds. The monoisotopic (exact) mass is 452 g/mol. The van der Waals surface area contributed by atoms with Crippen molar-refractivity contribution >= 4 is 34.3 Å². The van der Waals surface area contributed by atoms with Gasteiger partial charge in [0.2, 0.25) is 11.7 Å². The molecular weight excluding hydrogens is 443 g/mol. The maximum Gasteiger partial charge on any atom is 0.261 e. The fraction of sp³-hybridized carbons (Fsp3) is 0.0476. The number of nitrogens with zero attached hydrogens (tertiary/aromatic N) is 1. The third-order valence-corrected chi connectivity index (χ3v) is 4.75. The quantitative estimate of drug-likeness (QED) is 0.222. The zero-order valence-corrected chi connectivity index (χ0v) is 16.3. The second-order valence-electron chi connectivity index (χ2n) is 6.56. The first-order chi connectivity index (χ1) is 14.7. The lowest BCUT2D eigenvalue weighted by atomic mass is 10.1. The molecule has 0 fully saturated rings. The second-order valence-corrected chi connectivity index (χ2v) is 7.00. The van der Waals surface area contributed by atoms with Crippen LogP contribution in [0.5, 0.6) is 0 Å². The highest BCUT2D eigenvalue weighted by molar-refractivity contribution is 6.31. The Bertz CT molecular complexity index is 1340. The van der Waals surface area contributed by atoms with E-state index < -0.39 is 40.6 Å². The average molecular weight is 453 g/mol. The number of aromatic nitrogens is 1. The maximum absolute atomic E-state index is 13.9. The molecule has 0 spiro atoms. The first-order valence-electron chi connectivity index (χ1n) is 8.67. The van der Waals surface area contributed by atoms with Crippen LogP contribution in [-0.2, 0) is 0 Å². The van der Waals surface area contributed by atoms with E-state index in [1.54, 1.807) is 37.3 Å². The van der Waals surface area contributed by atoms with Crippen LogP contribution in [0.3, 0.4) is 0 Å². The molecule has 0 aliphatic carbocycles. The minimum Gasteiger partial charge on any atom is -0.436 e. The molecule has 31 heavy (non-hydrogen) atoms. The number of nitrogens with one attached hydrogen (secondary N) is 1. The average Bonchev–Trinajstić information content (AvgIpc) is 3.15. The number of fused-ring (bicyclic) bond motifs is 1. The Labute approximate surface area is 176 Å². The molecule has 158 valence electrons. The Morgan fingerprint density at radius 2 is 1.58 bits per heavy atom. The fourth-order valence-corrected chi connectivity index (χ4v) is 3.07. The predicted molar refractivity (Wildman–Crippen MR) is 103 cm³/mol. The van der Waals surface area contributed by atoms with E-state index in [9.17, 15) is 26.7 Å². The second kappa shape index (κ2) is 7.66. The van der Waals surface area contributed by atoms with Gasteiger partial charge in [-0.3, -0.25) is 4.79 Å². The summed E-state index contributed by atoms with van der Waals surface area (Å²) in [6.45, 7) is 1.57. The molecule has 4 aromatic rings. The van der Waals surface area contributed by atoms with Gasteiger partial charge in [0.1, 0.15) is 11.1 Å². The normalized spacial score (nSPS) is 11.2. The summed E-state index contributed by atoms with van der Waals surface area (Å²) in [6.07, 6.45) is 0. The van der Waals surface area contributed by atoms with E-state index in [0.29, 0.717) is 27.2 Å². The first kappa shape index (κ1) is 20.8. The Balaban J connectivity index is 1.72. The van der Waals surface area contributed by atoms with Crippen LogP contribution in [0, 0.1) is 36.0 Å². The van der Waals surface area contributed by atoms with Crippen LogP contribution in [0.15, 0.2) is 40.8 Å². The van der Waals surface area contributed by atoms with Crippen LogP contribution in [0.4, 0.5) is 27.6 Å². The number of oxazole rings is 1. The summed E-state index contributed by atoms with van der Waals surface area (Å²) in [5.74, 6) is -12.5. The molecule has 4 nitrogen and oxygen atoms in total. The van der Waals surface area contributed by atoms with Gasteiger partial charge in [0, 0.05) is 16.3 Å². The highest BCUT2D eigenvalue weighted by Crippen LogP contribution is 2.30. The van der Waals surface area contributed by atoms with E-state index in [1.165, 1.54) is 6.07 Å². The number of hydrogen-bond donors (Lipinski definition) is 1. The summed E-state index contributed by atoms with van der Waals surface area (Å²) >= 11 is 5.93. The first-order valence-corrected chi connectivity index (χ1v) is 9.05. The highest BCUT2D eigenvalue weighted by Gasteiger charge is 2.30. The SMILES string of the molecule is Cc1ccc(-c2nc3cc(Cl)ccc3o2)cc1NC(=O)c1c(F)c(F)c(F)c(F)c1F. The van der Waals surface area contributed by atoms with Crippen LogP contribution in [0.1, 0.15) is 15.9 Å². The molecule has 0 saturated carbocycles. The van der Waals surface area contributed by atoms with Crippen LogP contribution in [0.25, 0.3) is 22.6 Å². The topological polar surface area (TPSA) is 55.1 Å². The Kier molecular flexibility index (Phi) is 5.14. The van der Waals surface area contributed by atoms with E-state index >= 15 is 0 Å². The van der Waals surface area contributed by atoms with Crippen molar-refractivity contribution in [2.24, 2.45) is 0 Å². The number of hydrogen-bond acceptors (Lipinski definition) is 3. The lowest BCUT2D eigenvalue weighted by Gasteiger charge is -2.12. The van der Waals surface area contributed by atoms with Gasteiger partial charge >= 0.3 is 0 Å². The van der Waals surface area contributed by atoms with Crippen molar-refractivity contribution in [2.75, 3.05) is 5.32 Å². The molecule has 0 aliphatic heterocycles. The number of carbonyl (C=O) groups excluding carboxylic acids is 1. The molecule has 0 unspecified atom stereocenters. The lowest BCUT2D eigenvalue weighted by molar-refractivity contribution is 0.101. The van der Waals surface area contributed by atoms with Crippen molar-refractivity contribution in [3.8, 4) is 11.5 Å². The zero-order chi connectivity index (χ0) is 22.4. The Hall–Kier alpha value is -3.46. The van der Waals surface area contributed by atoms with Crippen LogP contribution in [-0.4, -0.2) is 10.9 Å². The van der Waals surface area contributed by atoms with Crippen LogP contribution < -0.4 is 5.32 Å². The van der Waals surface area contributed by atoms with Gasteiger partial charge < -0.3 is 9.73 Å². The number of amides is 1. The fourth-order valence-electron chi connectivity index (χ4n) is 2.90. The predicted octanol–water partition coefficient (Wildman–Crippen LogP) is 6.40. The molecule has 0 atom stereocenters. The molecule has 1 N–H and O–H groups in total. The van der Waals surface area contributed by atoms with Gasteiger partial charge in [-0.25, -0.2) is 26.9 Å². The number of anilines is 1. The number of aryl methyl sites for hydroxylation is 1. The van der Waals surface area contributed by atoms with Crippen molar-refractivity contribution in [1.29, 1.82) is 0 Å². The van der Waals surface area contributed by atoms with Gasteiger partial charge in [-0.2, -0.15) is 0 Å². The summed E-state index contributed by atoms with van der Waals surface area (Å²) in [4.78, 5) is 16.6. The zero-order valence-electron chi connectivity index (χ0n) is 15.5. The van der Waals surface area contributed by atoms with Crippen LogP contribution >= 0.6 is 11.6 Å². The summed E-state index contributed by atoms with van der Waals surface area (Å²) < 4.78 is 73.6. The van der Waals surface area contributed by atoms with E-state index in [2.05, 4.69) is 10.3 Å². The summed E-state index contributed by atoms with van der Waals surface area (Å²) in [5.41, 5.74) is 0.261. The molecule has 10 heteroatoms. The van der Waals surface area contributed by atoms with Crippen molar-refractivity contribution in [1.82, 2.24) is 4.98 Å². The minimum atomic E-state index is -2.35. The molecule has 0 aliphatic rings. The minimum absolute atomic E-state index is 0.0618. The van der Waals surface area contributed by atoms with Crippen LogP contribution in [0.2, 0.25) is 5.02 Å². The molecule has 1 aromatic heterocycles. The molecule has 0 bridgehead atoms. The molecule has 0 saturated heterocycles. The lowest BCUT2D eigenvalue weighted by Crippen LogP contribution is -2.19. The molecular formula is C21H10ClF5N2O2. The molecule has 0 radical (unpaired) electrons. The van der Waals surface area contributed by atoms with Gasteiger partial charge in [-0.1, -0.05) is 17.7 Å². The van der Waals surface area contributed by atoms with Gasteiger partial charge in [0.15, 0.2) is 28.9 Å². The standard InChI is InChI=1S/C21H10ClF5N2O2/c1-8-2-3-9(21-29-12-7-10(22)4-5-13(12)31-21)6-11(8)28-20(30)14-15(23)17(25)19(27)18(26)16(14)24/h2-7H,1H3,(H,28,30). The van der Waals surface area contributed by atoms with Gasteiger partial charge in [-0.05, 0) is 42.8 Å². The van der Waals surface area contributed by atoms with Crippen molar-refractivity contribution in [3.63, 3.8) is 0 Å².